The normalized spacial score (nSPS) is 20.4. The van der Waals surface area contributed by atoms with Crippen LogP contribution in [-0.2, 0) is 0 Å². The summed E-state index contributed by atoms with van der Waals surface area (Å²) in [5, 5.41) is 0. The van der Waals surface area contributed by atoms with Gasteiger partial charge in [0.2, 0.25) is 0 Å². The van der Waals surface area contributed by atoms with Crippen molar-refractivity contribution in [1.29, 1.82) is 0 Å². The summed E-state index contributed by atoms with van der Waals surface area (Å²) in [5.41, 5.74) is 0. The van der Waals surface area contributed by atoms with Crippen molar-refractivity contribution in [1.82, 2.24) is 0 Å². The van der Waals surface area contributed by atoms with Crippen molar-refractivity contribution in [2.45, 2.75) is 6.42 Å². The second-order valence-electron chi connectivity index (χ2n) is 1.79. The quantitative estimate of drug-likeness (QED) is 0.577. The Morgan fingerprint density at radius 1 is 1.20 bits per heavy atom. The fraction of sp³-hybridized carbons (Fsp3) is 0.167. The zero-order valence-corrected chi connectivity index (χ0v) is 6.38. The Hall–Kier alpha value is -0.250. The molecule has 0 unspecified atom stereocenters. The highest BCUT2D eigenvalue weighted by atomic mass is 79.9. The third-order valence-electron chi connectivity index (χ3n) is 1.10. The van der Waals surface area contributed by atoms with E-state index in [4.69, 9.17) is 0 Å². The first-order valence-corrected chi connectivity index (χ1v) is 3.35. The molecule has 1 aliphatic carbocycles. The molecule has 1 aliphatic rings. The maximum atomic E-state index is 12.3. The molecule has 0 saturated heterocycles. The molecule has 0 fully saturated rings. The van der Waals surface area contributed by atoms with Gasteiger partial charge in [-0.2, -0.15) is 0 Å². The Labute approximate surface area is 64.5 Å². The van der Waals surface area contributed by atoms with Crippen LogP contribution in [0, 0.1) is 6.42 Å². The number of halogens is 4. The highest BCUT2D eigenvalue weighted by Gasteiger charge is 2.20. The van der Waals surface area contributed by atoms with Crippen molar-refractivity contribution < 1.29 is 13.2 Å². The van der Waals surface area contributed by atoms with Crippen LogP contribution in [0.25, 0.3) is 0 Å². The van der Waals surface area contributed by atoms with Crippen molar-refractivity contribution in [3.05, 3.63) is 28.4 Å². The Balaban J connectivity index is 3.01. The van der Waals surface area contributed by atoms with E-state index in [0.29, 0.717) is 0 Å². The number of rotatable bonds is 0. The van der Waals surface area contributed by atoms with Crippen LogP contribution in [0.1, 0.15) is 6.42 Å². The molecule has 4 heteroatoms. The molecule has 0 aromatic heterocycles. The highest BCUT2D eigenvalue weighted by molar-refractivity contribution is 9.11. The zero-order chi connectivity index (χ0) is 7.72. The van der Waals surface area contributed by atoms with Crippen LogP contribution in [0.15, 0.2) is 22.0 Å². The van der Waals surface area contributed by atoms with Crippen LogP contribution in [0.5, 0.6) is 0 Å². The van der Waals surface area contributed by atoms with Gasteiger partial charge in [-0.15, -0.1) is 0 Å². The van der Waals surface area contributed by atoms with Crippen LogP contribution in [0.3, 0.4) is 0 Å². The van der Waals surface area contributed by atoms with Gasteiger partial charge in [-0.05, 0) is 0 Å². The lowest BCUT2D eigenvalue weighted by molar-refractivity contribution is 0.473. The highest BCUT2D eigenvalue weighted by Crippen LogP contribution is 2.34. The maximum Gasteiger partial charge on any atom is 0.191 e. The van der Waals surface area contributed by atoms with Gasteiger partial charge in [-0.3, -0.25) is 0 Å². The average molecular weight is 212 g/mol. The zero-order valence-electron chi connectivity index (χ0n) is 4.80. The fourth-order valence-corrected chi connectivity index (χ4v) is 0.918. The molecule has 1 rings (SSSR count). The first-order valence-electron chi connectivity index (χ1n) is 2.56. The van der Waals surface area contributed by atoms with Crippen molar-refractivity contribution in [3.63, 3.8) is 0 Å². The van der Waals surface area contributed by atoms with E-state index in [-0.39, 0.29) is 10.9 Å². The molecule has 0 heterocycles. The molecule has 0 N–H and O–H groups in total. The molecule has 0 aromatic carbocycles. The third kappa shape index (κ3) is 1.26. The largest absolute Gasteiger partial charge is 0.208 e. The van der Waals surface area contributed by atoms with Gasteiger partial charge in [0, 0.05) is 17.3 Å². The number of hydrogen-bond acceptors (Lipinski definition) is 0. The Morgan fingerprint density at radius 2 is 1.80 bits per heavy atom. The van der Waals surface area contributed by atoms with Gasteiger partial charge in [-0.25, -0.2) is 13.2 Å². The summed E-state index contributed by atoms with van der Waals surface area (Å²) in [7, 11) is 0. The first kappa shape index (κ1) is 7.85. The van der Waals surface area contributed by atoms with Crippen molar-refractivity contribution in [3.8, 4) is 0 Å². The third-order valence-corrected chi connectivity index (χ3v) is 1.77. The van der Waals surface area contributed by atoms with Crippen LogP contribution < -0.4 is 0 Å². The summed E-state index contributed by atoms with van der Waals surface area (Å²) in [5.74, 6) is -3.61. The van der Waals surface area contributed by atoms with Gasteiger partial charge in [-0.1, -0.05) is 15.9 Å². The summed E-state index contributed by atoms with van der Waals surface area (Å²) >= 11 is 2.73. The van der Waals surface area contributed by atoms with Crippen LogP contribution in [0.2, 0.25) is 0 Å². The minimum absolute atomic E-state index is 0.0219. The molecule has 0 aliphatic heterocycles. The molecular formula is C6H3BrF3. The van der Waals surface area contributed by atoms with Crippen molar-refractivity contribution in [2.75, 3.05) is 0 Å². The topological polar surface area (TPSA) is 0 Å². The van der Waals surface area contributed by atoms with Crippen LogP contribution in [-0.4, -0.2) is 0 Å². The molecule has 0 amide bonds. The first-order chi connectivity index (χ1) is 4.63. The van der Waals surface area contributed by atoms with Crippen molar-refractivity contribution >= 4 is 15.9 Å². The van der Waals surface area contributed by atoms with E-state index in [1.807, 2.05) is 0 Å². The van der Waals surface area contributed by atoms with Gasteiger partial charge in [0.25, 0.3) is 0 Å². The summed E-state index contributed by atoms with van der Waals surface area (Å²) in [4.78, 5) is 0. The van der Waals surface area contributed by atoms with Gasteiger partial charge < -0.3 is 0 Å². The van der Waals surface area contributed by atoms with Crippen LogP contribution in [0.4, 0.5) is 13.2 Å². The minimum Gasteiger partial charge on any atom is -0.208 e. The maximum absolute atomic E-state index is 12.3. The second kappa shape index (κ2) is 2.78. The molecule has 0 bridgehead atoms. The van der Waals surface area contributed by atoms with E-state index in [2.05, 4.69) is 15.9 Å². The Kier molecular flexibility index (Phi) is 2.18. The molecule has 0 nitrogen and oxygen atoms in total. The van der Waals surface area contributed by atoms with E-state index in [1.165, 1.54) is 6.42 Å². The van der Waals surface area contributed by atoms with E-state index in [0.717, 1.165) is 0 Å². The lowest BCUT2D eigenvalue weighted by Crippen LogP contribution is -1.94. The van der Waals surface area contributed by atoms with Crippen LogP contribution >= 0.6 is 15.9 Å². The van der Waals surface area contributed by atoms with Crippen molar-refractivity contribution in [2.24, 2.45) is 0 Å². The Bertz CT molecular complexity index is 193. The molecule has 10 heavy (non-hydrogen) atoms. The summed E-state index contributed by atoms with van der Waals surface area (Å²) in [6.07, 6.45) is 1.05. The van der Waals surface area contributed by atoms with E-state index in [9.17, 15) is 13.2 Å². The molecule has 0 aromatic rings. The SMILES string of the molecule is FC1=C(F)C(F)=C(Br)[CH]C1. The Morgan fingerprint density at radius 3 is 2.30 bits per heavy atom. The van der Waals surface area contributed by atoms with Gasteiger partial charge in [0.05, 0.1) is 0 Å². The fourth-order valence-electron chi connectivity index (χ4n) is 0.582. The predicted octanol–water partition coefficient (Wildman–Crippen LogP) is 3.32. The molecule has 0 atom stereocenters. The summed E-state index contributed by atoms with van der Waals surface area (Å²) < 4.78 is 36.7. The lowest BCUT2D eigenvalue weighted by atomic mass is 10.1. The van der Waals surface area contributed by atoms with E-state index in [1.54, 1.807) is 0 Å². The number of hydrogen-bond donors (Lipinski definition) is 0. The molecule has 0 spiro atoms. The number of allylic oxidation sites excluding steroid dienone is 4. The van der Waals surface area contributed by atoms with Gasteiger partial charge in [0.15, 0.2) is 11.7 Å². The van der Waals surface area contributed by atoms with Gasteiger partial charge >= 0.3 is 0 Å². The minimum atomic E-state index is -1.39. The monoisotopic (exact) mass is 211 g/mol. The molecule has 55 valence electrons. The average Bonchev–Trinajstić information content (AvgIpc) is 1.93. The lowest BCUT2D eigenvalue weighted by Gasteiger charge is -2.06. The second-order valence-corrected chi connectivity index (χ2v) is 2.64. The standard InChI is InChI=1S/C6H3BrF3/c7-3-1-2-4(8)6(10)5(3)9/h1H,2H2. The van der Waals surface area contributed by atoms with E-state index >= 15 is 0 Å². The summed E-state index contributed by atoms with van der Waals surface area (Å²) in [6.45, 7) is 0. The summed E-state index contributed by atoms with van der Waals surface area (Å²) in [6, 6.07) is 0. The predicted molar refractivity (Wildman–Crippen MR) is 35.2 cm³/mol. The molecule has 1 radical (unpaired) electrons. The molecule has 0 saturated carbocycles. The molecular weight excluding hydrogens is 209 g/mol. The van der Waals surface area contributed by atoms with E-state index < -0.39 is 17.5 Å². The van der Waals surface area contributed by atoms with Gasteiger partial charge in [0.1, 0.15) is 5.83 Å². The smallest absolute Gasteiger partial charge is 0.191 e.